The Balaban J connectivity index is 2.01. The monoisotopic (exact) mass is 235 g/mol. The second kappa shape index (κ2) is 3.79. The van der Waals surface area contributed by atoms with Gasteiger partial charge >= 0.3 is 0 Å². The van der Waals surface area contributed by atoms with Crippen molar-refractivity contribution in [1.82, 2.24) is 0 Å². The topological polar surface area (TPSA) is 35.2 Å². The van der Waals surface area contributed by atoms with Gasteiger partial charge in [0.25, 0.3) is 0 Å². The van der Waals surface area contributed by atoms with Crippen molar-refractivity contribution in [3.05, 3.63) is 35.4 Å². The van der Waals surface area contributed by atoms with E-state index in [0.29, 0.717) is 26.1 Å². The summed E-state index contributed by atoms with van der Waals surface area (Å²) < 4.78 is 20.2. The van der Waals surface area contributed by atoms with Gasteiger partial charge in [0.15, 0.2) is 0 Å². The van der Waals surface area contributed by atoms with Gasteiger partial charge < -0.3 is 10.5 Å². The van der Waals surface area contributed by atoms with Crippen LogP contribution >= 0.6 is 0 Å². The molecule has 0 spiro atoms. The summed E-state index contributed by atoms with van der Waals surface area (Å²) in [4.78, 5) is 0. The third kappa shape index (κ3) is 1.87. The molecule has 0 atom stereocenters. The van der Waals surface area contributed by atoms with Crippen LogP contribution in [0, 0.1) is 0 Å². The molecule has 3 rings (SSSR count). The first-order chi connectivity index (χ1) is 8.14. The second-order valence-corrected chi connectivity index (χ2v) is 5.28. The van der Waals surface area contributed by atoms with Crippen molar-refractivity contribution >= 4 is 0 Å². The van der Waals surface area contributed by atoms with E-state index in [1.807, 2.05) is 24.3 Å². The van der Waals surface area contributed by atoms with Crippen molar-refractivity contribution in [3.8, 4) is 0 Å². The first-order valence-corrected chi connectivity index (χ1v) is 6.30. The molecule has 1 saturated heterocycles. The van der Waals surface area contributed by atoms with Gasteiger partial charge in [-0.05, 0) is 24.0 Å². The maximum Gasteiger partial charge on any atom is 0.140 e. The second-order valence-electron chi connectivity index (χ2n) is 5.28. The highest BCUT2D eigenvalue weighted by atomic mass is 19.1. The summed E-state index contributed by atoms with van der Waals surface area (Å²) in [6.45, 7) is 1.00. The van der Waals surface area contributed by atoms with Gasteiger partial charge in [-0.15, -0.1) is 0 Å². The molecular weight excluding hydrogens is 217 g/mol. The average Bonchev–Trinajstić information content (AvgIpc) is 3.10. The summed E-state index contributed by atoms with van der Waals surface area (Å²) in [5.74, 6) is 0. The Labute approximate surface area is 101 Å². The zero-order valence-electron chi connectivity index (χ0n) is 9.92. The Hall–Kier alpha value is -0.930. The summed E-state index contributed by atoms with van der Waals surface area (Å²) in [5.41, 5.74) is 6.52. The molecule has 1 aliphatic heterocycles. The predicted molar refractivity (Wildman–Crippen MR) is 64.4 cm³/mol. The molecule has 2 nitrogen and oxygen atoms in total. The largest absolute Gasteiger partial charge is 0.381 e. The van der Waals surface area contributed by atoms with Crippen molar-refractivity contribution in [2.24, 2.45) is 5.73 Å². The summed E-state index contributed by atoms with van der Waals surface area (Å²) in [6, 6.07) is 7.74. The lowest BCUT2D eigenvalue weighted by molar-refractivity contribution is -0.0121. The molecule has 0 radical (unpaired) electrons. The molecule has 0 aromatic heterocycles. The van der Waals surface area contributed by atoms with Gasteiger partial charge in [-0.25, -0.2) is 4.39 Å². The normalized spacial score (nSPS) is 25.5. The van der Waals surface area contributed by atoms with Gasteiger partial charge in [-0.1, -0.05) is 24.3 Å². The summed E-state index contributed by atoms with van der Waals surface area (Å²) >= 11 is 0. The fourth-order valence-corrected chi connectivity index (χ4v) is 2.68. The molecular formula is C14H18FNO. The zero-order chi connectivity index (χ0) is 11.9. The van der Waals surface area contributed by atoms with E-state index in [1.54, 1.807) is 0 Å². The van der Waals surface area contributed by atoms with E-state index in [0.717, 1.165) is 24.0 Å². The Morgan fingerprint density at radius 2 is 1.59 bits per heavy atom. The van der Waals surface area contributed by atoms with Crippen LogP contribution in [0.4, 0.5) is 4.39 Å². The summed E-state index contributed by atoms with van der Waals surface area (Å²) in [7, 11) is 0. The number of ether oxygens (including phenoxy) is 1. The molecule has 0 bridgehead atoms. The maximum absolute atomic E-state index is 15.0. The molecule has 2 aliphatic rings. The van der Waals surface area contributed by atoms with Gasteiger partial charge in [0, 0.05) is 31.6 Å². The standard InChI is InChI=1S/C14H18FNO/c15-13(7-9-17-10-8-13)11-3-1-2-4-12(11)14(16)5-6-14/h1-4H,5-10,16H2. The van der Waals surface area contributed by atoms with E-state index in [2.05, 4.69) is 0 Å². The van der Waals surface area contributed by atoms with Crippen LogP contribution in [0.15, 0.2) is 24.3 Å². The number of benzene rings is 1. The van der Waals surface area contributed by atoms with Crippen molar-refractivity contribution in [1.29, 1.82) is 0 Å². The van der Waals surface area contributed by atoms with E-state index in [9.17, 15) is 4.39 Å². The number of hydrogen-bond acceptors (Lipinski definition) is 2. The molecule has 3 heteroatoms. The van der Waals surface area contributed by atoms with E-state index in [-0.39, 0.29) is 5.54 Å². The Morgan fingerprint density at radius 3 is 2.18 bits per heavy atom. The number of hydrogen-bond donors (Lipinski definition) is 1. The molecule has 0 amide bonds. The maximum atomic E-state index is 15.0. The summed E-state index contributed by atoms with van der Waals surface area (Å²) in [5, 5.41) is 0. The third-order valence-corrected chi connectivity index (χ3v) is 4.02. The lowest BCUT2D eigenvalue weighted by atomic mass is 9.83. The lowest BCUT2D eigenvalue weighted by Crippen LogP contribution is -2.33. The van der Waals surface area contributed by atoms with Gasteiger partial charge in [0.05, 0.1) is 0 Å². The minimum atomic E-state index is -1.25. The van der Waals surface area contributed by atoms with E-state index >= 15 is 0 Å². The molecule has 17 heavy (non-hydrogen) atoms. The molecule has 1 aromatic rings. The molecule has 1 saturated carbocycles. The molecule has 0 unspecified atom stereocenters. The first kappa shape index (κ1) is 11.2. The van der Waals surface area contributed by atoms with E-state index in [4.69, 9.17) is 10.5 Å². The van der Waals surface area contributed by atoms with Crippen LogP contribution in [-0.4, -0.2) is 13.2 Å². The number of rotatable bonds is 2. The zero-order valence-corrected chi connectivity index (χ0v) is 9.92. The number of alkyl halides is 1. The predicted octanol–water partition coefficient (Wildman–Crippen LogP) is 2.61. The first-order valence-electron chi connectivity index (χ1n) is 6.30. The molecule has 2 fully saturated rings. The molecule has 1 heterocycles. The van der Waals surface area contributed by atoms with Gasteiger partial charge in [0.2, 0.25) is 0 Å². The van der Waals surface area contributed by atoms with E-state index < -0.39 is 5.67 Å². The van der Waals surface area contributed by atoms with Crippen LogP contribution in [0.3, 0.4) is 0 Å². The minimum Gasteiger partial charge on any atom is -0.381 e. The van der Waals surface area contributed by atoms with Crippen LogP contribution < -0.4 is 5.73 Å². The Bertz CT molecular complexity index is 422. The minimum absolute atomic E-state index is 0.270. The smallest absolute Gasteiger partial charge is 0.140 e. The molecule has 92 valence electrons. The summed E-state index contributed by atoms with van der Waals surface area (Å²) in [6.07, 6.45) is 2.83. The number of nitrogens with two attached hydrogens (primary N) is 1. The van der Waals surface area contributed by atoms with Crippen molar-refractivity contribution in [2.75, 3.05) is 13.2 Å². The highest BCUT2D eigenvalue weighted by Crippen LogP contribution is 2.48. The van der Waals surface area contributed by atoms with Crippen LogP contribution in [0.25, 0.3) is 0 Å². The third-order valence-electron chi connectivity index (χ3n) is 4.02. The quantitative estimate of drug-likeness (QED) is 0.855. The van der Waals surface area contributed by atoms with Gasteiger partial charge in [-0.3, -0.25) is 0 Å². The SMILES string of the molecule is NC1(c2ccccc2C2(F)CCOCC2)CC1. The molecule has 2 N–H and O–H groups in total. The Kier molecular flexibility index (Phi) is 2.49. The van der Waals surface area contributed by atoms with E-state index in [1.165, 1.54) is 0 Å². The van der Waals surface area contributed by atoms with Crippen LogP contribution in [0.5, 0.6) is 0 Å². The average molecular weight is 235 g/mol. The lowest BCUT2D eigenvalue weighted by Gasteiger charge is -2.32. The van der Waals surface area contributed by atoms with Crippen molar-refractivity contribution < 1.29 is 9.13 Å². The van der Waals surface area contributed by atoms with Crippen molar-refractivity contribution in [2.45, 2.75) is 36.9 Å². The number of halogens is 1. The fourth-order valence-electron chi connectivity index (χ4n) is 2.68. The molecule has 1 aromatic carbocycles. The Morgan fingerprint density at radius 1 is 1.00 bits per heavy atom. The van der Waals surface area contributed by atoms with Crippen LogP contribution in [0.1, 0.15) is 36.8 Å². The highest BCUT2D eigenvalue weighted by Gasteiger charge is 2.45. The molecule has 1 aliphatic carbocycles. The van der Waals surface area contributed by atoms with Crippen molar-refractivity contribution in [3.63, 3.8) is 0 Å². The van der Waals surface area contributed by atoms with Crippen LogP contribution in [0.2, 0.25) is 0 Å². The highest BCUT2D eigenvalue weighted by molar-refractivity contribution is 5.41. The van der Waals surface area contributed by atoms with Crippen LogP contribution in [-0.2, 0) is 15.9 Å². The van der Waals surface area contributed by atoms with Gasteiger partial charge in [0.1, 0.15) is 5.67 Å². The fraction of sp³-hybridized carbons (Fsp3) is 0.571. The van der Waals surface area contributed by atoms with Gasteiger partial charge in [-0.2, -0.15) is 0 Å².